The fraction of sp³-hybridized carbons (Fsp3) is 1.00. The molecule has 0 aromatic rings. The molecule has 0 atom stereocenters. The molecule has 0 radical (unpaired) electrons. The third-order valence-electron chi connectivity index (χ3n) is 4.37. The maximum absolute atomic E-state index is 5.39. The van der Waals surface area contributed by atoms with Gasteiger partial charge in [-0.25, -0.2) is 0 Å². The molecule has 0 saturated carbocycles. The number of hydrogen-bond acceptors (Lipinski definition) is 4. The van der Waals surface area contributed by atoms with Gasteiger partial charge in [0.1, 0.15) is 0 Å². The molecule has 1 saturated heterocycles. The summed E-state index contributed by atoms with van der Waals surface area (Å²) in [6.07, 6.45) is 3.63. The highest BCUT2D eigenvalue weighted by atomic mass is 16.5. The van der Waals surface area contributed by atoms with E-state index in [1.54, 1.807) is 0 Å². The van der Waals surface area contributed by atoms with Crippen molar-refractivity contribution in [3.05, 3.63) is 0 Å². The second-order valence-electron chi connectivity index (χ2n) is 5.66. The number of nitrogens with zero attached hydrogens (tertiary/aromatic N) is 2. The van der Waals surface area contributed by atoms with Crippen LogP contribution in [0.15, 0.2) is 0 Å². The van der Waals surface area contributed by atoms with E-state index in [-0.39, 0.29) is 0 Å². The van der Waals surface area contributed by atoms with Crippen LogP contribution in [0.4, 0.5) is 0 Å². The molecule has 0 aromatic heterocycles. The van der Waals surface area contributed by atoms with Gasteiger partial charge in [-0.3, -0.25) is 0 Å². The number of ether oxygens (including phenoxy) is 1. The minimum absolute atomic E-state index is 0.679. The van der Waals surface area contributed by atoms with Gasteiger partial charge in [0.25, 0.3) is 0 Å². The lowest BCUT2D eigenvalue weighted by Gasteiger charge is -2.26. The summed E-state index contributed by atoms with van der Waals surface area (Å²) < 4.78 is 5.39. The second kappa shape index (κ2) is 11.5. The van der Waals surface area contributed by atoms with Gasteiger partial charge in [-0.1, -0.05) is 20.8 Å². The zero-order chi connectivity index (χ0) is 14.6. The van der Waals surface area contributed by atoms with Gasteiger partial charge in [0.2, 0.25) is 0 Å². The first kappa shape index (κ1) is 17.9. The Morgan fingerprint density at radius 2 is 1.50 bits per heavy atom. The molecule has 0 aliphatic carbocycles. The maximum atomic E-state index is 5.39. The number of rotatable bonds is 11. The highest BCUT2D eigenvalue weighted by molar-refractivity contribution is 4.71. The van der Waals surface area contributed by atoms with Gasteiger partial charge < -0.3 is 19.9 Å². The molecule has 1 heterocycles. The summed E-state index contributed by atoms with van der Waals surface area (Å²) in [6.45, 7) is 16.9. The van der Waals surface area contributed by atoms with E-state index >= 15 is 0 Å². The summed E-state index contributed by atoms with van der Waals surface area (Å²) in [5.74, 6) is 0. The minimum atomic E-state index is 0.679. The third kappa shape index (κ3) is 7.58. The van der Waals surface area contributed by atoms with Crippen LogP contribution in [-0.4, -0.2) is 74.9 Å². The first-order chi connectivity index (χ1) is 9.80. The van der Waals surface area contributed by atoms with Crippen molar-refractivity contribution in [3.8, 4) is 0 Å². The van der Waals surface area contributed by atoms with Crippen molar-refractivity contribution >= 4 is 0 Å². The van der Waals surface area contributed by atoms with Crippen molar-refractivity contribution < 1.29 is 4.74 Å². The Morgan fingerprint density at radius 3 is 2.10 bits per heavy atom. The predicted octanol–water partition coefficient (Wildman–Crippen LogP) is 1.81. The zero-order valence-electron chi connectivity index (χ0n) is 13.9. The van der Waals surface area contributed by atoms with Gasteiger partial charge >= 0.3 is 0 Å². The Labute approximate surface area is 125 Å². The quantitative estimate of drug-likeness (QED) is 0.626. The van der Waals surface area contributed by atoms with Gasteiger partial charge in [0.15, 0.2) is 0 Å². The van der Waals surface area contributed by atoms with Crippen LogP contribution in [-0.2, 0) is 4.74 Å². The Hall–Kier alpha value is -0.160. The van der Waals surface area contributed by atoms with E-state index in [0.29, 0.717) is 6.04 Å². The lowest BCUT2D eigenvalue weighted by atomic mass is 10.1. The van der Waals surface area contributed by atoms with Crippen LogP contribution in [0.1, 0.15) is 40.0 Å². The lowest BCUT2D eigenvalue weighted by Crippen LogP contribution is -2.40. The Morgan fingerprint density at radius 1 is 0.900 bits per heavy atom. The average Bonchev–Trinajstić information content (AvgIpc) is 2.51. The fourth-order valence-electron chi connectivity index (χ4n) is 2.81. The molecule has 0 amide bonds. The molecule has 4 heteroatoms. The largest absolute Gasteiger partial charge is 0.381 e. The van der Waals surface area contributed by atoms with Gasteiger partial charge in [0, 0.05) is 32.3 Å². The molecule has 0 spiro atoms. The second-order valence-corrected chi connectivity index (χ2v) is 5.66. The Kier molecular flexibility index (Phi) is 10.3. The SMILES string of the molecule is CCN(CC)CCCN(CC)CCNC1CCOCC1. The van der Waals surface area contributed by atoms with Crippen molar-refractivity contribution in [1.82, 2.24) is 15.1 Å². The molecule has 1 aliphatic heterocycles. The summed E-state index contributed by atoms with van der Waals surface area (Å²) in [6, 6.07) is 0.679. The van der Waals surface area contributed by atoms with Crippen molar-refractivity contribution in [1.29, 1.82) is 0 Å². The standard InChI is InChI=1S/C16H35N3O/c1-4-18(5-2)11-7-12-19(6-3)13-10-17-16-8-14-20-15-9-16/h16-17H,4-15H2,1-3H3. The Bertz CT molecular complexity index is 216. The van der Waals surface area contributed by atoms with Gasteiger partial charge in [0.05, 0.1) is 0 Å². The molecule has 0 bridgehead atoms. The molecule has 0 unspecified atom stereocenters. The summed E-state index contributed by atoms with van der Waals surface area (Å²) in [5, 5.41) is 3.68. The lowest BCUT2D eigenvalue weighted by molar-refractivity contribution is 0.0772. The fourth-order valence-corrected chi connectivity index (χ4v) is 2.81. The van der Waals surface area contributed by atoms with E-state index in [4.69, 9.17) is 4.74 Å². The monoisotopic (exact) mass is 285 g/mol. The van der Waals surface area contributed by atoms with Crippen molar-refractivity contribution in [2.45, 2.75) is 46.1 Å². The topological polar surface area (TPSA) is 27.7 Å². The van der Waals surface area contributed by atoms with Gasteiger partial charge in [-0.15, -0.1) is 0 Å². The van der Waals surface area contributed by atoms with Crippen LogP contribution in [0.5, 0.6) is 0 Å². The molecular formula is C16H35N3O. The molecule has 120 valence electrons. The molecule has 0 aromatic carbocycles. The van der Waals surface area contributed by atoms with E-state index in [9.17, 15) is 0 Å². The molecule has 1 rings (SSSR count). The van der Waals surface area contributed by atoms with E-state index in [1.165, 1.54) is 52.0 Å². The highest BCUT2D eigenvalue weighted by Crippen LogP contribution is 2.05. The smallest absolute Gasteiger partial charge is 0.0480 e. The highest BCUT2D eigenvalue weighted by Gasteiger charge is 2.13. The van der Waals surface area contributed by atoms with Gasteiger partial charge in [-0.05, 0) is 52.0 Å². The number of nitrogens with one attached hydrogen (secondary N) is 1. The number of likely N-dealkylation sites (N-methyl/N-ethyl adjacent to an activating group) is 1. The molecule has 4 nitrogen and oxygen atoms in total. The summed E-state index contributed by atoms with van der Waals surface area (Å²) in [7, 11) is 0. The molecule has 1 fully saturated rings. The molecule has 1 N–H and O–H groups in total. The first-order valence-corrected chi connectivity index (χ1v) is 8.55. The van der Waals surface area contributed by atoms with Crippen LogP contribution < -0.4 is 5.32 Å². The van der Waals surface area contributed by atoms with Crippen LogP contribution in [0.25, 0.3) is 0 Å². The minimum Gasteiger partial charge on any atom is -0.381 e. The number of hydrogen-bond donors (Lipinski definition) is 1. The average molecular weight is 285 g/mol. The maximum Gasteiger partial charge on any atom is 0.0480 e. The van der Waals surface area contributed by atoms with E-state index in [0.717, 1.165) is 26.3 Å². The van der Waals surface area contributed by atoms with Crippen molar-refractivity contribution in [2.24, 2.45) is 0 Å². The molecule has 1 aliphatic rings. The van der Waals surface area contributed by atoms with Crippen molar-refractivity contribution in [3.63, 3.8) is 0 Å². The van der Waals surface area contributed by atoms with Crippen LogP contribution >= 0.6 is 0 Å². The van der Waals surface area contributed by atoms with E-state index in [2.05, 4.69) is 35.9 Å². The normalized spacial score (nSPS) is 17.2. The predicted molar refractivity (Wildman–Crippen MR) is 86.4 cm³/mol. The molecule has 20 heavy (non-hydrogen) atoms. The molecular weight excluding hydrogens is 250 g/mol. The first-order valence-electron chi connectivity index (χ1n) is 8.55. The van der Waals surface area contributed by atoms with E-state index in [1.807, 2.05) is 0 Å². The van der Waals surface area contributed by atoms with Crippen LogP contribution in [0, 0.1) is 0 Å². The summed E-state index contributed by atoms with van der Waals surface area (Å²) >= 11 is 0. The van der Waals surface area contributed by atoms with Crippen LogP contribution in [0.2, 0.25) is 0 Å². The third-order valence-corrected chi connectivity index (χ3v) is 4.37. The zero-order valence-corrected chi connectivity index (χ0v) is 13.9. The summed E-state index contributed by atoms with van der Waals surface area (Å²) in [5.41, 5.74) is 0. The van der Waals surface area contributed by atoms with Crippen LogP contribution in [0.3, 0.4) is 0 Å². The van der Waals surface area contributed by atoms with E-state index < -0.39 is 0 Å². The van der Waals surface area contributed by atoms with Gasteiger partial charge in [-0.2, -0.15) is 0 Å². The summed E-state index contributed by atoms with van der Waals surface area (Å²) in [4.78, 5) is 5.07. The van der Waals surface area contributed by atoms with Crippen molar-refractivity contribution in [2.75, 3.05) is 59.0 Å². The Balaban J connectivity index is 2.06.